The molecule has 0 atom stereocenters. The van der Waals surface area contributed by atoms with Crippen molar-refractivity contribution >= 4 is 35.6 Å². The van der Waals surface area contributed by atoms with Crippen LogP contribution in [0.4, 0.5) is 25.2 Å². The number of nitrogens with one attached hydrogen (secondary N) is 4. The molecule has 0 bridgehead atoms. The molecule has 0 unspecified atom stereocenters. The van der Waals surface area contributed by atoms with E-state index < -0.39 is 23.4 Å². The Kier molecular flexibility index (Phi) is 16.1. The Labute approximate surface area is 378 Å². The van der Waals surface area contributed by atoms with E-state index in [1.54, 1.807) is 63.7 Å². The summed E-state index contributed by atoms with van der Waals surface area (Å²) in [4.78, 5) is 60.4. The van der Waals surface area contributed by atoms with E-state index in [2.05, 4.69) is 67.3 Å². The van der Waals surface area contributed by atoms with Crippen LogP contribution in [0.15, 0.2) is 65.7 Å². The molecular formula is C44H50F2N16O4. The molecule has 344 valence electrons. The SMILES string of the molecule is CC(C)n1nnnc1-c1cccc(NC(=O)c2cc3c(cc2F)CCNC3)n1.CCN=C=O.CCNC(=O)N1CCc2cc(F)c(C(=O)Nc3cccc(-c4nnnn4C(C)C)n3)cc2C1. The first-order chi connectivity index (χ1) is 31.8. The number of anilines is 2. The molecule has 4 aromatic heterocycles. The second kappa shape index (κ2) is 22.3. The summed E-state index contributed by atoms with van der Waals surface area (Å²) < 4.78 is 32.5. The monoisotopic (exact) mass is 904 g/mol. The Hall–Kier alpha value is -7.71. The van der Waals surface area contributed by atoms with Crippen molar-refractivity contribution in [2.45, 2.75) is 79.6 Å². The van der Waals surface area contributed by atoms with E-state index in [0.29, 0.717) is 68.0 Å². The molecule has 6 heterocycles. The van der Waals surface area contributed by atoms with Crippen molar-refractivity contribution in [3.8, 4) is 23.0 Å². The topological polar surface area (TPSA) is 245 Å². The first kappa shape index (κ1) is 47.8. The molecule has 0 spiro atoms. The molecule has 0 aliphatic carbocycles. The Morgan fingerprint density at radius 3 is 1.77 bits per heavy atom. The van der Waals surface area contributed by atoms with Crippen molar-refractivity contribution < 1.29 is 28.0 Å². The summed E-state index contributed by atoms with van der Waals surface area (Å²) in [6, 6.07) is 16.0. The van der Waals surface area contributed by atoms with Crippen LogP contribution in [0.3, 0.4) is 0 Å². The molecule has 2 aliphatic heterocycles. The van der Waals surface area contributed by atoms with Gasteiger partial charge in [0.05, 0.1) is 23.2 Å². The Morgan fingerprint density at radius 1 is 0.758 bits per heavy atom. The molecule has 0 saturated heterocycles. The highest BCUT2D eigenvalue weighted by molar-refractivity contribution is 6.05. The first-order valence-corrected chi connectivity index (χ1v) is 21.3. The third-order valence-electron chi connectivity index (χ3n) is 10.2. The zero-order chi connectivity index (χ0) is 47.3. The van der Waals surface area contributed by atoms with E-state index in [1.165, 1.54) is 24.3 Å². The molecule has 0 radical (unpaired) electrons. The molecule has 0 fully saturated rings. The minimum Gasteiger partial charge on any atom is -0.338 e. The highest BCUT2D eigenvalue weighted by Crippen LogP contribution is 2.26. The van der Waals surface area contributed by atoms with Gasteiger partial charge < -0.3 is 26.2 Å². The number of amides is 4. The summed E-state index contributed by atoms with van der Waals surface area (Å²) >= 11 is 0. The minimum atomic E-state index is -0.626. The molecule has 6 aromatic rings. The molecule has 8 rings (SSSR count). The zero-order valence-electron chi connectivity index (χ0n) is 37.3. The van der Waals surface area contributed by atoms with Crippen LogP contribution >= 0.6 is 0 Å². The number of hydrogen-bond donors (Lipinski definition) is 4. The van der Waals surface area contributed by atoms with E-state index in [4.69, 9.17) is 4.79 Å². The molecule has 4 amide bonds. The van der Waals surface area contributed by atoms with E-state index in [9.17, 15) is 23.2 Å². The van der Waals surface area contributed by atoms with Gasteiger partial charge in [0.1, 0.15) is 34.7 Å². The maximum Gasteiger partial charge on any atom is 0.317 e. The predicted octanol–water partition coefficient (Wildman–Crippen LogP) is 5.49. The van der Waals surface area contributed by atoms with Gasteiger partial charge in [0.2, 0.25) is 17.7 Å². The van der Waals surface area contributed by atoms with Gasteiger partial charge >= 0.3 is 6.03 Å². The van der Waals surface area contributed by atoms with Crippen LogP contribution in [-0.2, 0) is 30.7 Å². The van der Waals surface area contributed by atoms with Gasteiger partial charge in [0.15, 0.2) is 0 Å². The Balaban J connectivity index is 0.000000200. The van der Waals surface area contributed by atoms with Gasteiger partial charge in [-0.3, -0.25) is 9.59 Å². The Morgan fingerprint density at radius 2 is 1.29 bits per heavy atom. The van der Waals surface area contributed by atoms with E-state index in [-0.39, 0.29) is 35.1 Å². The van der Waals surface area contributed by atoms with Gasteiger partial charge in [-0.05, 0) is 153 Å². The minimum absolute atomic E-state index is 0.00154. The largest absolute Gasteiger partial charge is 0.338 e. The summed E-state index contributed by atoms with van der Waals surface area (Å²) in [6.45, 7) is 14.7. The maximum atomic E-state index is 14.7. The third-order valence-corrected chi connectivity index (χ3v) is 10.2. The van der Waals surface area contributed by atoms with Gasteiger partial charge in [0, 0.05) is 32.7 Å². The number of aromatic nitrogens is 10. The number of nitrogens with zero attached hydrogens (tertiary/aromatic N) is 12. The van der Waals surface area contributed by atoms with Crippen molar-refractivity contribution in [1.82, 2.24) is 65.9 Å². The average Bonchev–Trinajstić information content (AvgIpc) is 4.02. The van der Waals surface area contributed by atoms with Crippen LogP contribution in [0.2, 0.25) is 0 Å². The number of halogens is 2. The number of carbonyl (C=O) groups is 3. The predicted molar refractivity (Wildman–Crippen MR) is 239 cm³/mol. The molecule has 0 saturated carbocycles. The molecule has 2 aromatic carbocycles. The number of tetrazole rings is 2. The number of aliphatic imine (C=N–C) groups is 1. The quantitative estimate of drug-likeness (QED) is 0.0983. The summed E-state index contributed by atoms with van der Waals surface area (Å²) in [6.07, 6.45) is 2.67. The van der Waals surface area contributed by atoms with E-state index in [0.717, 1.165) is 35.2 Å². The number of urea groups is 1. The highest BCUT2D eigenvalue weighted by Gasteiger charge is 2.25. The molecule has 66 heavy (non-hydrogen) atoms. The van der Waals surface area contributed by atoms with Crippen molar-refractivity contribution in [1.29, 1.82) is 0 Å². The van der Waals surface area contributed by atoms with Crippen LogP contribution in [0, 0.1) is 11.6 Å². The average molecular weight is 905 g/mol. The molecular weight excluding hydrogens is 855 g/mol. The second-order valence-electron chi connectivity index (χ2n) is 15.5. The number of benzene rings is 2. The lowest BCUT2D eigenvalue weighted by Crippen LogP contribution is -2.42. The smallest absolute Gasteiger partial charge is 0.317 e. The maximum absolute atomic E-state index is 14.7. The van der Waals surface area contributed by atoms with Crippen molar-refractivity contribution in [3.05, 3.63) is 106 Å². The van der Waals surface area contributed by atoms with Crippen LogP contribution in [-0.4, -0.2) is 105 Å². The summed E-state index contributed by atoms with van der Waals surface area (Å²) in [5.41, 5.74) is 4.32. The summed E-state index contributed by atoms with van der Waals surface area (Å²) in [5, 5.41) is 34.6. The first-order valence-electron chi connectivity index (χ1n) is 21.3. The fourth-order valence-corrected chi connectivity index (χ4v) is 6.98. The number of isocyanates is 1. The number of carbonyl (C=O) groups excluding carboxylic acids is 4. The van der Waals surface area contributed by atoms with E-state index >= 15 is 0 Å². The van der Waals surface area contributed by atoms with Gasteiger partial charge in [-0.15, -0.1) is 10.2 Å². The van der Waals surface area contributed by atoms with Crippen molar-refractivity contribution in [3.63, 3.8) is 0 Å². The van der Waals surface area contributed by atoms with Crippen LogP contribution in [0.1, 0.15) is 96.6 Å². The molecule has 4 N–H and O–H groups in total. The van der Waals surface area contributed by atoms with Gasteiger partial charge in [0.25, 0.3) is 11.8 Å². The lowest BCUT2D eigenvalue weighted by molar-refractivity contribution is 0.101. The zero-order valence-corrected chi connectivity index (χ0v) is 37.3. The second-order valence-corrected chi connectivity index (χ2v) is 15.5. The summed E-state index contributed by atoms with van der Waals surface area (Å²) in [7, 11) is 0. The normalized spacial score (nSPS) is 12.7. The van der Waals surface area contributed by atoms with E-state index in [1.807, 2.05) is 34.6 Å². The Bertz CT molecular complexity index is 2730. The molecule has 2 aliphatic rings. The molecule has 20 nitrogen and oxygen atoms in total. The number of fused-ring (bicyclic) bond motifs is 2. The number of pyridine rings is 2. The van der Waals surface area contributed by atoms with Gasteiger partial charge in [-0.2, -0.15) is 0 Å². The lowest BCUT2D eigenvalue weighted by Gasteiger charge is -2.29. The van der Waals surface area contributed by atoms with Crippen LogP contribution in [0.5, 0.6) is 0 Å². The fraction of sp³-hybridized carbons (Fsp3) is 0.364. The lowest BCUT2D eigenvalue weighted by atomic mass is 9.96. The fourth-order valence-electron chi connectivity index (χ4n) is 6.98. The van der Waals surface area contributed by atoms with Crippen molar-refractivity contribution in [2.24, 2.45) is 4.99 Å². The van der Waals surface area contributed by atoms with Crippen LogP contribution < -0.4 is 21.3 Å². The highest BCUT2D eigenvalue weighted by atomic mass is 19.1. The third kappa shape index (κ3) is 11.7. The summed E-state index contributed by atoms with van der Waals surface area (Å²) in [5.74, 6) is -0.801. The number of rotatable bonds is 10. The number of hydrogen-bond acceptors (Lipinski definition) is 14. The molecule has 22 heteroatoms. The van der Waals surface area contributed by atoms with Crippen molar-refractivity contribution in [2.75, 3.05) is 36.8 Å². The van der Waals surface area contributed by atoms with Gasteiger partial charge in [-0.1, -0.05) is 12.1 Å². The standard InChI is InChI=1S/C22H25FN8O2.C19H20FN7O.C3H5NO/c1-4-24-22(33)30-9-8-14-11-17(23)16(10-15(14)12-30)21(32)26-19-7-5-6-18(25-19)20-27-28-29-31(20)13(2)3;1-11(2)27-18(24-25-26-27)16-4-3-5-17(22-16)23-19(28)14-8-13-10-21-7-6-12(13)9-15(14)20;1-2-4-3-5/h5-7,10-11,13H,4,8-9,12H2,1-3H3,(H,24,33)(H,25,26,32);3-5,8-9,11,21H,6-7,10H2,1-2H3,(H,22,23,28);2H2,1H3. The van der Waals surface area contributed by atoms with Gasteiger partial charge in [-0.25, -0.2) is 42.7 Å². The van der Waals surface area contributed by atoms with Crippen LogP contribution in [0.25, 0.3) is 23.0 Å².